The summed E-state index contributed by atoms with van der Waals surface area (Å²) in [6.07, 6.45) is 2.26. The van der Waals surface area contributed by atoms with Crippen LogP contribution in [0.4, 0.5) is 0 Å². The van der Waals surface area contributed by atoms with Gasteiger partial charge in [-0.1, -0.05) is 41.9 Å². The van der Waals surface area contributed by atoms with Crippen LogP contribution in [0.15, 0.2) is 52.9 Å². The summed E-state index contributed by atoms with van der Waals surface area (Å²) in [5.41, 5.74) is 1.40. The van der Waals surface area contributed by atoms with Crippen molar-refractivity contribution in [1.82, 2.24) is 10.6 Å². The lowest BCUT2D eigenvalue weighted by molar-refractivity contribution is 0.0915. The van der Waals surface area contributed by atoms with Crippen molar-refractivity contribution in [3.05, 3.63) is 64.9 Å². The molecule has 0 radical (unpaired) electrons. The van der Waals surface area contributed by atoms with Gasteiger partial charge >= 0.3 is 0 Å². The number of furan rings is 1. The molecule has 1 aromatic heterocycles. The lowest BCUT2D eigenvalue weighted by Crippen LogP contribution is -2.38. The number of halogens is 1. The molecule has 4 rings (SSSR count). The highest BCUT2D eigenvalue weighted by molar-refractivity contribution is 6.32. The number of para-hydroxylation sites is 2. The monoisotopic (exact) mass is 398 g/mol. The summed E-state index contributed by atoms with van der Waals surface area (Å²) in [7, 11) is 0. The number of hydrogen-bond acceptors (Lipinski definition) is 4. The van der Waals surface area contributed by atoms with Gasteiger partial charge in [0.05, 0.1) is 5.02 Å². The number of carbonyl (C=O) groups is 1. The van der Waals surface area contributed by atoms with Gasteiger partial charge in [-0.05, 0) is 50.0 Å². The summed E-state index contributed by atoms with van der Waals surface area (Å²) in [5, 5.41) is 7.80. The van der Waals surface area contributed by atoms with Gasteiger partial charge < -0.3 is 19.8 Å². The predicted molar refractivity (Wildman–Crippen MR) is 110 cm³/mol. The molecule has 1 atom stereocenters. The first-order valence-corrected chi connectivity index (χ1v) is 9.97. The second-order valence-electron chi connectivity index (χ2n) is 7.05. The molecule has 5 nitrogen and oxygen atoms in total. The lowest BCUT2D eigenvalue weighted by atomic mass is 10.00. The van der Waals surface area contributed by atoms with Crippen LogP contribution in [0.5, 0.6) is 5.75 Å². The van der Waals surface area contributed by atoms with Crippen LogP contribution in [-0.2, 0) is 6.61 Å². The molecule has 1 aliphatic rings. The zero-order valence-electron chi connectivity index (χ0n) is 15.5. The number of fused-ring (bicyclic) bond motifs is 1. The maximum absolute atomic E-state index is 12.8. The number of amides is 1. The Bertz CT molecular complexity index is 963. The Morgan fingerprint density at radius 1 is 1.21 bits per heavy atom. The van der Waals surface area contributed by atoms with Crippen molar-refractivity contribution in [3.63, 3.8) is 0 Å². The normalized spacial score (nSPS) is 16.8. The standard InChI is InChI=1S/C22H23ClN2O3/c23-18-8-2-4-10-20(18)27-14-17-16-7-1-3-9-19(16)28-21(17)22(26)25-13-15-6-5-11-24-12-15/h1-4,7-10,15,24H,5-6,11-14H2,(H,25,26). The minimum atomic E-state index is -0.209. The number of carbonyl (C=O) groups excluding carboxylic acids is 1. The van der Waals surface area contributed by atoms with Gasteiger partial charge in [0.1, 0.15) is 17.9 Å². The van der Waals surface area contributed by atoms with Crippen LogP contribution in [-0.4, -0.2) is 25.5 Å². The molecule has 146 valence electrons. The molecule has 3 aromatic rings. The Morgan fingerprint density at radius 3 is 2.86 bits per heavy atom. The Balaban J connectivity index is 1.54. The van der Waals surface area contributed by atoms with Crippen molar-refractivity contribution in [2.24, 2.45) is 5.92 Å². The molecule has 1 fully saturated rings. The van der Waals surface area contributed by atoms with Gasteiger partial charge in [-0.25, -0.2) is 0 Å². The fourth-order valence-electron chi connectivity index (χ4n) is 3.55. The molecule has 0 spiro atoms. The van der Waals surface area contributed by atoms with Gasteiger partial charge in [0.2, 0.25) is 0 Å². The molecule has 28 heavy (non-hydrogen) atoms. The first kappa shape index (κ1) is 18.8. The van der Waals surface area contributed by atoms with Gasteiger partial charge in [0.25, 0.3) is 5.91 Å². The highest BCUT2D eigenvalue weighted by Gasteiger charge is 2.22. The van der Waals surface area contributed by atoms with E-state index in [4.69, 9.17) is 20.8 Å². The maximum Gasteiger partial charge on any atom is 0.287 e. The van der Waals surface area contributed by atoms with Crippen molar-refractivity contribution in [3.8, 4) is 5.75 Å². The Labute approximate surface area is 169 Å². The number of rotatable bonds is 6. The summed E-state index contributed by atoms with van der Waals surface area (Å²) in [5.74, 6) is 1.12. The van der Waals surface area contributed by atoms with Crippen molar-refractivity contribution < 1.29 is 13.9 Å². The third-order valence-electron chi connectivity index (χ3n) is 5.06. The van der Waals surface area contributed by atoms with E-state index in [2.05, 4.69) is 10.6 Å². The Kier molecular flexibility index (Phi) is 5.84. The quantitative estimate of drug-likeness (QED) is 0.646. The van der Waals surface area contributed by atoms with Gasteiger partial charge in [-0.2, -0.15) is 0 Å². The van der Waals surface area contributed by atoms with Crippen molar-refractivity contribution in [2.75, 3.05) is 19.6 Å². The molecule has 2 aromatic carbocycles. The van der Waals surface area contributed by atoms with E-state index in [1.807, 2.05) is 36.4 Å². The molecule has 1 saturated heterocycles. The topological polar surface area (TPSA) is 63.5 Å². The van der Waals surface area contributed by atoms with Crippen molar-refractivity contribution in [2.45, 2.75) is 19.4 Å². The molecule has 1 aliphatic heterocycles. The minimum Gasteiger partial charge on any atom is -0.487 e. The van der Waals surface area contributed by atoms with E-state index >= 15 is 0 Å². The Hall–Kier alpha value is -2.50. The number of ether oxygens (including phenoxy) is 1. The average Bonchev–Trinajstić information content (AvgIpc) is 3.11. The summed E-state index contributed by atoms with van der Waals surface area (Å²) in [6.45, 7) is 2.82. The predicted octanol–water partition coefficient (Wildman–Crippen LogP) is 4.39. The first-order valence-electron chi connectivity index (χ1n) is 9.59. The van der Waals surface area contributed by atoms with Gasteiger partial charge in [-0.15, -0.1) is 0 Å². The number of hydrogen-bond donors (Lipinski definition) is 2. The van der Waals surface area contributed by atoms with Crippen LogP contribution in [0, 0.1) is 5.92 Å². The van der Waals surface area contributed by atoms with E-state index in [1.54, 1.807) is 12.1 Å². The van der Waals surface area contributed by atoms with E-state index in [-0.39, 0.29) is 12.5 Å². The third kappa shape index (κ3) is 4.16. The van der Waals surface area contributed by atoms with Crippen molar-refractivity contribution in [1.29, 1.82) is 0 Å². The van der Waals surface area contributed by atoms with E-state index in [0.29, 0.717) is 34.6 Å². The van der Waals surface area contributed by atoms with E-state index < -0.39 is 0 Å². The molecule has 0 saturated carbocycles. The van der Waals surface area contributed by atoms with Crippen molar-refractivity contribution >= 4 is 28.5 Å². The molecule has 1 amide bonds. The zero-order valence-corrected chi connectivity index (χ0v) is 16.3. The molecular weight excluding hydrogens is 376 g/mol. The van der Waals surface area contributed by atoms with Crippen LogP contribution in [0.1, 0.15) is 29.0 Å². The van der Waals surface area contributed by atoms with Crippen LogP contribution < -0.4 is 15.4 Å². The van der Waals surface area contributed by atoms with Crippen LogP contribution in [0.3, 0.4) is 0 Å². The second kappa shape index (κ2) is 8.67. The molecule has 0 bridgehead atoms. The van der Waals surface area contributed by atoms with Crippen LogP contribution in [0.2, 0.25) is 5.02 Å². The zero-order chi connectivity index (χ0) is 19.3. The summed E-state index contributed by atoms with van der Waals surface area (Å²) in [4.78, 5) is 12.8. The third-order valence-corrected chi connectivity index (χ3v) is 5.38. The van der Waals surface area contributed by atoms with E-state index in [0.717, 1.165) is 36.9 Å². The van der Waals surface area contributed by atoms with Gasteiger partial charge in [0, 0.05) is 17.5 Å². The van der Waals surface area contributed by atoms with Gasteiger partial charge in [-0.3, -0.25) is 4.79 Å². The van der Waals surface area contributed by atoms with Crippen LogP contribution in [0.25, 0.3) is 11.0 Å². The fourth-order valence-corrected chi connectivity index (χ4v) is 3.74. The second-order valence-corrected chi connectivity index (χ2v) is 7.45. The van der Waals surface area contributed by atoms with E-state index in [9.17, 15) is 4.79 Å². The fraction of sp³-hybridized carbons (Fsp3) is 0.318. The summed E-state index contributed by atoms with van der Waals surface area (Å²) >= 11 is 6.19. The SMILES string of the molecule is O=C(NCC1CCCNC1)c1oc2ccccc2c1COc1ccccc1Cl. The Morgan fingerprint density at radius 2 is 2.04 bits per heavy atom. The molecule has 1 unspecified atom stereocenters. The summed E-state index contributed by atoms with van der Waals surface area (Å²) < 4.78 is 11.8. The molecule has 6 heteroatoms. The number of nitrogens with one attached hydrogen (secondary N) is 2. The largest absolute Gasteiger partial charge is 0.487 e. The molecule has 2 N–H and O–H groups in total. The molecule has 0 aliphatic carbocycles. The van der Waals surface area contributed by atoms with E-state index in [1.165, 1.54) is 0 Å². The summed E-state index contributed by atoms with van der Waals surface area (Å²) in [6, 6.07) is 14.9. The molecular formula is C22H23ClN2O3. The lowest BCUT2D eigenvalue weighted by Gasteiger charge is -2.22. The number of benzene rings is 2. The maximum atomic E-state index is 12.8. The minimum absolute atomic E-state index is 0.203. The first-order chi connectivity index (χ1) is 13.7. The average molecular weight is 399 g/mol. The molecule has 2 heterocycles. The van der Waals surface area contributed by atoms with Gasteiger partial charge in [0.15, 0.2) is 5.76 Å². The number of piperidine rings is 1. The highest BCUT2D eigenvalue weighted by atomic mass is 35.5. The van der Waals surface area contributed by atoms with Crippen LogP contribution >= 0.6 is 11.6 Å². The highest BCUT2D eigenvalue weighted by Crippen LogP contribution is 2.29. The smallest absolute Gasteiger partial charge is 0.287 e.